The van der Waals surface area contributed by atoms with E-state index < -0.39 is 11.8 Å². The van der Waals surface area contributed by atoms with E-state index in [0.717, 1.165) is 27.9 Å². The fraction of sp³-hybridized carbons (Fsp3) is 0.136. The van der Waals surface area contributed by atoms with Gasteiger partial charge in [0.15, 0.2) is 15.8 Å². The van der Waals surface area contributed by atoms with Crippen LogP contribution in [0.5, 0.6) is 11.5 Å². The van der Waals surface area contributed by atoms with Crippen molar-refractivity contribution in [2.24, 2.45) is 0 Å². The highest BCUT2D eigenvalue weighted by atomic mass is 32.2. The van der Waals surface area contributed by atoms with Crippen LogP contribution >= 0.6 is 24.0 Å². The average Bonchev–Trinajstić information content (AvgIpc) is 3.01. The first-order valence-electron chi connectivity index (χ1n) is 8.98. The van der Waals surface area contributed by atoms with E-state index in [2.05, 4.69) is 12.0 Å². The summed E-state index contributed by atoms with van der Waals surface area (Å²) in [7, 11) is 3.13. The lowest BCUT2D eigenvalue weighted by molar-refractivity contribution is -0.123. The Kier molecular flexibility index (Phi) is 6.91. The summed E-state index contributed by atoms with van der Waals surface area (Å²) in [5.41, 5.74) is 4.63. The number of thioether (sulfide) groups is 1. The van der Waals surface area contributed by atoms with Crippen molar-refractivity contribution in [3.8, 4) is 11.5 Å². The van der Waals surface area contributed by atoms with Crippen LogP contribution in [-0.4, -0.2) is 35.4 Å². The molecule has 2 aromatic carbocycles. The van der Waals surface area contributed by atoms with Gasteiger partial charge in [-0.05, 0) is 54.5 Å². The fourth-order valence-electron chi connectivity index (χ4n) is 2.93. The Morgan fingerprint density at radius 1 is 1.23 bits per heavy atom. The molecule has 1 saturated heterocycles. The molecule has 2 amide bonds. The predicted molar refractivity (Wildman–Crippen MR) is 122 cm³/mol. The summed E-state index contributed by atoms with van der Waals surface area (Å²) >= 11 is 6.41. The summed E-state index contributed by atoms with van der Waals surface area (Å²) in [6, 6.07) is 12.3. The third-order valence-corrected chi connectivity index (χ3v) is 5.59. The topological polar surface area (TPSA) is 67.9 Å². The summed E-state index contributed by atoms with van der Waals surface area (Å²) in [4.78, 5) is 25.6. The summed E-state index contributed by atoms with van der Waals surface area (Å²) in [5, 5.41) is 1.09. The number of carbonyl (C=O) groups excluding carboxylic acids is 2. The van der Waals surface area contributed by atoms with Crippen LogP contribution in [-0.2, 0) is 11.2 Å². The molecule has 1 aliphatic heterocycles. The number of hydrazine groups is 1. The van der Waals surface area contributed by atoms with Gasteiger partial charge in [0.1, 0.15) is 0 Å². The third-order valence-electron chi connectivity index (χ3n) is 4.28. The molecule has 0 atom stereocenters. The molecule has 1 N–H and O–H groups in total. The molecule has 0 aliphatic carbocycles. The van der Waals surface area contributed by atoms with Crippen LogP contribution in [0.15, 0.2) is 60.0 Å². The van der Waals surface area contributed by atoms with E-state index in [1.165, 1.54) is 0 Å². The molecule has 0 bridgehead atoms. The number of benzene rings is 2. The van der Waals surface area contributed by atoms with E-state index >= 15 is 0 Å². The number of hydrogen-bond acceptors (Lipinski definition) is 6. The first kappa shape index (κ1) is 21.6. The van der Waals surface area contributed by atoms with E-state index in [9.17, 15) is 9.59 Å². The molecular weight excluding hydrogens is 420 g/mol. The lowest BCUT2D eigenvalue weighted by atomic mass is 10.0. The van der Waals surface area contributed by atoms with Crippen molar-refractivity contribution in [2.75, 3.05) is 14.2 Å². The van der Waals surface area contributed by atoms with Crippen molar-refractivity contribution in [1.82, 2.24) is 10.4 Å². The van der Waals surface area contributed by atoms with E-state index in [0.29, 0.717) is 28.4 Å². The molecule has 30 heavy (non-hydrogen) atoms. The van der Waals surface area contributed by atoms with Crippen molar-refractivity contribution in [2.45, 2.75) is 6.42 Å². The minimum Gasteiger partial charge on any atom is -0.493 e. The highest BCUT2D eigenvalue weighted by molar-refractivity contribution is 8.26. The number of thiocarbonyl (C=S) groups is 1. The Bertz CT molecular complexity index is 1030. The van der Waals surface area contributed by atoms with Crippen molar-refractivity contribution in [3.63, 3.8) is 0 Å². The number of methoxy groups -OCH3 is 2. The van der Waals surface area contributed by atoms with Gasteiger partial charge in [0.05, 0.1) is 19.1 Å². The van der Waals surface area contributed by atoms with Gasteiger partial charge >= 0.3 is 0 Å². The second-order valence-electron chi connectivity index (χ2n) is 6.23. The zero-order chi connectivity index (χ0) is 21.7. The standard InChI is InChI=1S/C22H20N2O4S2/c1-4-8-16-11-14(12-17(27-2)19(16)28-3)13-18-21(26)24(22(29)30-18)23-20(25)15-9-6-5-7-10-15/h4-7,9-13H,1,8H2,2-3H3,(H,23,25)/b18-13-. The fourth-order valence-corrected chi connectivity index (χ4v) is 4.11. The third kappa shape index (κ3) is 4.55. The molecule has 0 radical (unpaired) electrons. The number of nitrogens with one attached hydrogen (secondary N) is 1. The van der Waals surface area contributed by atoms with Gasteiger partial charge in [-0.1, -0.05) is 36.0 Å². The van der Waals surface area contributed by atoms with Crippen molar-refractivity contribution in [3.05, 3.63) is 76.7 Å². The molecule has 3 rings (SSSR count). The predicted octanol–water partition coefficient (Wildman–Crippen LogP) is 3.98. The maximum Gasteiger partial charge on any atom is 0.285 e. The SMILES string of the molecule is C=CCc1cc(/C=C2\SC(=S)N(NC(=O)c3ccccc3)C2=O)cc(OC)c1OC. The number of ether oxygens (including phenoxy) is 2. The first-order valence-corrected chi connectivity index (χ1v) is 10.2. The lowest BCUT2D eigenvalue weighted by Crippen LogP contribution is -2.44. The monoisotopic (exact) mass is 440 g/mol. The molecular formula is C22H20N2O4S2. The number of rotatable bonds is 7. The molecule has 2 aromatic rings. The molecule has 1 heterocycles. The Hall–Kier alpha value is -3.10. The Morgan fingerprint density at radius 2 is 1.97 bits per heavy atom. The molecule has 0 spiro atoms. The van der Waals surface area contributed by atoms with Crippen molar-refractivity contribution >= 4 is 46.2 Å². The first-order chi connectivity index (χ1) is 14.5. The quantitative estimate of drug-likeness (QED) is 0.399. The highest BCUT2D eigenvalue weighted by Gasteiger charge is 2.33. The van der Waals surface area contributed by atoms with Gasteiger partial charge in [0.2, 0.25) is 0 Å². The molecule has 0 unspecified atom stereocenters. The van der Waals surface area contributed by atoms with Crippen LogP contribution in [0.3, 0.4) is 0 Å². The van der Waals surface area contributed by atoms with Crippen LogP contribution in [0.4, 0.5) is 0 Å². The minimum atomic E-state index is -0.410. The van der Waals surface area contributed by atoms with Crippen LogP contribution in [0.2, 0.25) is 0 Å². The van der Waals surface area contributed by atoms with Gasteiger partial charge in [-0.2, -0.15) is 5.01 Å². The molecule has 154 valence electrons. The Labute approximate surface area is 184 Å². The highest BCUT2D eigenvalue weighted by Crippen LogP contribution is 2.36. The van der Waals surface area contributed by atoms with E-state index in [4.69, 9.17) is 21.7 Å². The van der Waals surface area contributed by atoms with Crippen LogP contribution < -0.4 is 14.9 Å². The smallest absolute Gasteiger partial charge is 0.285 e. The molecule has 0 aromatic heterocycles. The molecule has 0 saturated carbocycles. The van der Waals surface area contributed by atoms with Crippen molar-refractivity contribution in [1.29, 1.82) is 0 Å². The average molecular weight is 441 g/mol. The molecule has 1 fully saturated rings. The van der Waals surface area contributed by atoms with Gasteiger partial charge in [-0.15, -0.1) is 6.58 Å². The normalized spacial score (nSPS) is 14.7. The van der Waals surface area contributed by atoms with Gasteiger partial charge in [0, 0.05) is 11.1 Å². The lowest BCUT2D eigenvalue weighted by Gasteiger charge is -2.15. The summed E-state index contributed by atoms with van der Waals surface area (Å²) in [6.45, 7) is 3.77. The van der Waals surface area contributed by atoms with E-state index in [1.54, 1.807) is 56.7 Å². The minimum absolute atomic E-state index is 0.252. The van der Waals surface area contributed by atoms with Crippen molar-refractivity contribution < 1.29 is 19.1 Å². The number of allylic oxidation sites excluding steroid dienone is 1. The molecule has 8 heteroatoms. The number of carbonyl (C=O) groups is 2. The number of nitrogens with zero attached hydrogens (tertiary/aromatic N) is 1. The largest absolute Gasteiger partial charge is 0.493 e. The van der Waals surface area contributed by atoms with Gasteiger partial charge in [-0.25, -0.2) is 0 Å². The second-order valence-corrected chi connectivity index (χ2v) is 7.91. The van der Waals surface area contributed by atoms with Crippen LogP contribution in [0.25, 0.3) is 6.08 Å². The van der Waals surface area contributed by atoms with E-state index in [-0.39, 0.29) is 4.32 Å². The van der Waals surface area contributed by atoms with Gasteiger partial charge < -0.3 is 9.47 Å². The number of hydrogen-bond donors (Lipinski definition) is 1. The van der Waals surface area contributed by atoms with Gasteiger partial charge in [-0.3, -0.25) is 15.0 Å². The maximum absolute atomic E-state index is 12.8. The maximum atomic E-state index is 12.8. The summed E-state index contributed by atoms with van der Waals surface area (Å²) in [5.74, 6) is 0.370. The molecule has 1 aliphatic rings. The van der Waals surface area contributed by atoms with Crippen LogP contribution in [0.1, 0.15) is 21.5 Å². The van der Waals surface area contributed by atoms with Gasteiger partial charge in [0.25, 0.3) is 11.8 Å². The molecule has 6 nitrogen and oxygen atoms in total. The second kappa shape index (κ2) is 9.60. The Morgan fingerprint density at radius 3 is 2.60 bits per heavy atom. The number of amides is 2. The van der Waals surface area contributed by atoms with E-state index in [1.807, 2.05) is 12.1 Å². The van der Waals surface area contributed by atoms with Crippen LogP contribution in [0, 0.1) is 0 Å². The Balaban J connectivity index is 1.87. The summed E-state index contributed by atoms with van der Waals surface area (Å²) in [6.07, 6.45) is 4.05. The zero-order valence-corrected chi connectivity index (χ0v) is 18.1. The summed E-state index contributed by atoms with van der Waals surface area (Å²) < 4.78 is 11.1. The zero-order valence-electron chi connectivity index (χ0n) is 16.5.